The average molecular weight is 543 g/mol. The first-order valence-corrected chi connectivity index (χ1v) is 13.2. The number of benzene rings is 4. The summed E-state index contributed by atoms with van der Waals surface area (Å²) in [6, 6.07) is 33.6. The predicted octanol–water partition coefficient (Wildman–Crippen LogP) is 7.35. The molecule has 1 aliphatic heterocycles. The first kappa shape index (κ1) is 24.9. The summed E-state index contributed by atoms with van der Waals surface area (Å²) in [5, 5.41) is 0.528. The minimum Gasteiger partial charge on any atom is -0.267 e. The van der Waals surface area contributed by atoms with Crippen LogP contribution in [0.5, 0.6) is 0 Å². The van der Waals surface area contributed by atoms with Crippen LogP contribution in [0.15, 0.2) is 131 Å². The molecule has 4 aromatic carbocycles. The summed E-state index contributed by atoms with van der Waals surface area (Å²) in [6.45, 7) is 0. The van der Waals surface area contributed by atoms with Gasteiger partial charge in [0.1, 0.15) is 5.57 Å². The summed E-state index contributed by atoms with van der Waals surface area (Å²) < 4.78 is 2.09. The third kappa shape index (κ3) is 5.34. The molecule has 4 aromatic rings. The lowest BCUT2D eigenvalue weighted by atomic mass is 9.91. The second-order valence-corrected chi connectivity index (χ2v) is 10.4. The van der Waals surface area contributed by atoms with Crippen LogP contribution < -0.4 is 0 Å². The number of urea groups is 1. The lowest BCUT2D eigenvalue weighted by Crippen LogP contribution is -2.51. The van der Waals surface area contributed by atoms with Crippen molar-refractivity contribution in [3.8, 4) is 0 Å². The predicted molar refractivity (Wildman–Crippen MR) is 148 cm³/mol. The number of nitrogens with zero attached hydrogens (tertiary/aromatic N) is 2. The summed E-state index contributed by atoms with van der Waals surface area (Å²) in [5.74, 6) is -1.36. The van der Waals surface area contributed by atoms with E-state index in [2.05, 4.69) is 0 Å². The van der Waals surface area contributed by atoms with Gasteiger partial charge in [-0.2, -0.15) is 8.61 Å². The van der Waals surface area contributed by atoms with Gasteiger partial charge in [-0.3, -0.25) is 9.59 Å². The zero-order valence-electron chi connectivity index (χ0n) is 19.3. The third-order valence-corrected chi connectivity index (χ3v) is 7.70. The largest absolute Gasteiger partial charge is 0.355 e. The van der Waals surface area contributed by atoms with Crippen LogP contribution in [-0.2, 0) is 9.59 Å². The topological polar surface area (TPSA) is 57.7 Å². The first-order chi connectivity index (χ1) is 18.0. The van der Waals surface area contributed by atoms with Gasteiger partial charge in [-0.15, -0.1) is 0 Å². The molecule has 0 aromatic heterocycles. The lowest BCUT2D eigenvalue weighted by molar-refractivity contribution is -0.129. The van der Waals surface area contributed by atoms with Gasteiger partial charge >= 0.3 is 6.03 Å². The molecule has 0 bridgehead atoms. The van der Waals surface area contributed by atoms with Gasteiger partial charge < -0.3 is 0 Å². The Morgan fingerprint density at radius 2 is 0.946 bits per heavy atom. The van der Waals surface area contributed by atoms with Crippen LogP contribution in [0.2, 0.25) is 5.02 Å². The molecule has 37 heavy (non-hydrogen) atoms. The highest BCUT2D eigenvalue weighted by atomic mass is 35.5. The van der Waals surface area contributed by atoms with Crippen molar-refractivity contribution in [2.75, 3.05) is 0 Å². The number of amides is 4. The van der Waals surface area contributed by atoms with Crippen LogP contribution >= 0.6 is 35.5 Å². The number of halogens is 1. The zero-order valence-corrected chi connectivity index (χ0v) is 21.7. The number of imide groups is 2. The molecule has 1 heterocycles. The smallest absolute Gasteiger partial charge is 0.267 e. The lowest BCUT2D eigenvalue weighted by Gasteiger charge is -2.33. The Morgan fingerprint density at radius 1 is 0.541 bits per heavy atom. The maximum atomic E-state index is 13.9. The number of carbonyl (C=O) groups excluding carboxylic acids is 3. The van der Waals surface area contributed by atoms with Gasteiger partial charge in [-0.05, 0) is 71.4 Å². The first-order valence-electron chi connectivity index (χ1n) is 11.3. The highest BCUT2D eigenvalue weighted by Crippen LogP contribution is 2.39. The molecule has 182 valence electrons. The van der Waals surface area contributed by atoms with Crippen LogP contribution in [0.1, 0.15) is 11.1 Å². The molecule has 0 N–H and O–H groups in total. The molecule has 8 heteroatoms. The molecule has 0 radical (unpaired) electrons. The van der Waals surface area contributed by atoms with Crippen LogP contribution in [-0.4, -0.2) is 26.5 Å². The molecule has 5 nitrogen and oxygen atoms in total. The SMILES string of the molecule is O=C1C(=C(c2ccccc2)c2ccc(Cl)cc2)C(=O)N(Sc2ccccc2)C(=O)N1Sc1ccccc1. The molecule has 1 saturated heterocycles. The van der Waals surface area contributed by atoms with E-state index in [1.807, 2.05) is 66.7 Å². The van der Waals surface area contributed by atoms with Crippen molar-refractivity contribution < 1.29 is 14.4 Å². The molecule has 1 fully saturated rings. The van der Waals surface area contributed by atoms with Crippen molar-refractivity contribution in [3.05, 3.63) is 137 Å². The Labute approximate surface area is 228 Å². The highest BCUT2D eigenvalue weighted by Gasteiger charge is 2.45. The maximum absolute atomic E-state index is 13.9. The quantitative estimate of drug-likeness (QED) is 0.145. The summed E-state index contributed by atoms with van der Waals surface area (Å²) in [6.07, 6.45) is 0. The zero-order chi connectivity index (χ0) is 25.8. The van der Waals surface area contributed by atoms with Crippen LogP contribution in [0.4, 0.5) is 4.79 Å². The molecular formula is C29H19ClN2O3S2. The van der Waals surface area contributed by atoms with Crippen molar-refractivity contribution in [2.24, 2.45) is 0 Å². The molecule has 0 unspecified atom stereocenters. The van der Waals surface area contributed by atoms with Crippen LogP contribution in [0.3, 0.4) is 0 Å². The fraction of sp³-hybridized carbons (Fsp3) is 0. The minimum absolute atomic E-state index is 0.0972. The highest BCUT2D eigenvalue weighted by molar-refractivity contribution is 7.99. The van der Waals surface area contributed by atoms with E-state index < -0.39 is 17.8 Å². The standard InChI is InChI=1S/C29H19ClN2O3S2/c30-22-18-16-21(17-19-22)25(20-10-4-1-5-11-20)26-27(33)31(36-23-12-6-2-7-13-23)29(35)32(28(26)34)37-24-14-8-3-9-15-24/h1-19H. The van der Waals surface area contributed by atoms with Gasteiger partial charge in [0.2, 0.25) is 0 Å². The third-order valence-electron chi connectivity index (χ3n) is 5.47. The van der Waals surface area contributed by atoms with E-state index in [9.17, 15) is 14.4 Å². The molecule has 5 rings (SSSR count). The maximum Gasteiger partial charge on any atom is 0.355 e. The summed E-state index contributed by atoms with van der Waals surface area (Å²) >= 11 is 8.10. The molecule has 0 atom stereocenters. The van der Waals surface area contributed by atoms with E-state index in [1.54, 1.807) is 48.5 Å². The van der Waals surface area contributed by atoms with E-state index >= 15 is 0 Å². The van der Waals surface area contributed by atoms with Crippen LogP contribution in [0, 0.1) is 0 Å². The Hall–Kier alpha value is -3.78. The van der Waals surface area contributed by atoms with Gasteiger partial charge in [-0.1, -0.05) is 90.5 Å². The van der Waals surface area contributed by atoms with Crippen molar-refractivity contribution in [2.45, 2.75) is 9.79 Å². The fourth-order valence-electron chi connectivity index (χ4n) is 3.78. The fourth-order valence-corrected chi connectivity index (χ4v) is 5.60. The van der Waals surface area contributed by atoms with Crippen molar-refractivity contribution in [3.63, 3.8) is 0 Å². The van der Waals surface area contributed by atoms with E-state index in [-0.39, 0.29) is 5.57 Å². The van der Waals surface area contributed by atoms with Crippen molar-refractivity contribution in [1.29, 1.82) is 0 Å². The van der Waals surface area contributed by atoms with Gasteiger partial charge in [0.25, 0.3) is 11.8 Å². The number of hydrogen-bond acceptors (Lipinski definition) is 5. The summed E-state index contributed by atoms with van der Waals surface area (Å²) in [4.78, 5) is 42.8. The Morgan fingerprint density at radius 3 is 1.41 bits per heavy atom. The Balaban J connectivity index is 1.70. The number of barbiturate groups is 1. The molecule has 0 aliphatic carbocycles. The normalized spacial score (nSPS) is 13.8. The van der Waals surface area contributed by atoms with Crippen molar-refractivity contribution >= 4 is 58.9 Å². The molecule has 0 saturated carbocycles. The molecular weight excluding hydrogens is 524 g/mol. The van der Waals surface area contributed by atoms with E-state index in [0.29, 0.717) is 31.5 Å². The summed E-state index contributed by atoms with van der Waals surface area (Å²) in [7, 11) is 0. The van der Waals surface area contributed by atoms with E-state index in [0.717, 1.165) is 32.5 Å². The second kappa shape index (κ2) is 11.1. The average Bonchev–Trinajstić information content (AvgIpc) is 2.94. The summed E-state index contributed by atoms with van der Waals surface area (Å²) in [5.41, 5.74) is 1.64. The van der Waals surface area contributed by atoms with Gasteiger partial charge in [0.05, 0.1) is 0 Å². The van der Waals surface area contributed by atoms with Crippen LogP contribution in [0.25, 0.3) is 5.57 Å². The van der Waals surface area contributed by atoms with E-state index in [1.165, 1.54) is 0 Å². The second-order valence-electron chi connectivity index (χ2n) is 7.91. The Bertz CT molecular complexity index is 1410. The monoisotopic (exact) mass is 542 g/mol. The minimum atomic E-state index is -0.718. The van der Waals surface area contributed by atoms with Crippen molar-refractivity contribution in [1.82, 2.24) is 8.61 Å². The molecule has 1 aliphatic rings. The van der Waals surface area contributed by atoms with Gasteiger partial charge in [-0.25, -0.2) is 4.79 Å². The van der Waals surface area contributed by atoms with Gasteiger partial charge in [0, 0.05) is 20.4 Å². The molecule has 4 amide bonds. The number of rotatable bonds is 6. The Kier molecular flexibility index (Phi) is 7.46. The number of hydrogen-bond donors (Lipinski definition) is 0. The molecule has 0 spiro atoms. The van der Waals surface area contributed by atoms with Gasteiger partial charge in [0.15, 0.2) is 0 Å². The van der Waals surface area contributed by atoms with E-state index in [4.69, 9.17) is 11.6 Å². The number of carbonyl (C=O) groups is 3.